The van der Waals surface area contributed by atoms with E-state index in [9.17, 15) is 4.79 Å². The fourth-order valence-electron chi connectivity index (χ4n) is 3.23. The Morgan fingerprint density at radius 2 is 2.03 bits per heavy atom. The Kier molecular flexibility index (Phi) is 13.3. The molecule has 1 atom stereocenters. The number of hydrogen-bond donors (Lipinski definition) is 3. The largest absolute Gasteiger partial charge is 0.374 e. The van der Waals surface area contributed by atoms with E-state index in [0.717, 1.165) is 37.9 Å². The van der Waals surface area contributed by atoms with Crippen molar-refractivity contribution >= 4 is 53.1 Å². The molecule has 1 fully saturated rings. The second-order valence-electron chi connectivity index (χ2n) is 7.68. The van der Waals surface area contributed by atoms with E-state index in [1.165, 1.54) is 0 Å². The minimum Gasteiger partial charge on any atom is -0.374 e. The smallest absolute Gasteiger partial charge is 0.224 e. The van der Waals surface area contributed by atoms with Crippen LogP contribution in [0.3, 0.4) is 0 Å². The highest BCUT2D eigenvalue weighted by molar-refractivity contribution is 14.0. The van der Waals surface area contributed by atoms with Crippen LogP contribution in [0.5, 0.6) is 0 Å². The van der Waals surface area contributed by atoms with Gasteiger partial charge in [0.2, 0.25) is 5.91 Å². The maximum atomic E-state index is 12.0. The van der Waals surface area contributed by atoms with Crippen LogP contribution in [0.2, 0.25) is 5.02 Å². The molecule has 0 aliphatic carbocycles. The van der Waals surface area contributed by atoms with E-state index >= 15 is 0 Å². The van der Waals surface area contributed by atoms with E-state index in [1.807, 2.05) is 0 Å². The lowest BCUT2D eigenvalue weighted by Gasteiger charge is -2.34. The van der Waals surface area contributed by atoms with Crippen LogP contribution in [-0.2, 0) is 9.53 Å². The summed E-state index contributed by atoms with van der Waals surface area (Å²) in [6.07, 6.45) is 1.30. The van der Waals surface area contributed by atoms with Crippen molar-refractivity contribution in [3.05, 3.63) is 29.3 Å². The summed E-state index contributed by atoms with van der Waals surface area (Å²) < 4.78 is 5.86. The predicted octanol–water partition coefficient (Wildman–Crippen LogP) is 3.20. The van der Waals surface area contributed by atoms with E-state index in [-0.39, 0.29) is 36.0 Å². The molecule has 1 aromatic rings. The summed E-state index contributed by atoms with van der Waals surface area (Å²) in [7, 11) is 1.75. The maximum absolute atomic E-state index is 12.0. The number of carbonyl (C=O) groups is 1. The molecule has 7 nitrogen and oxygen atoms in total. The van der Waals surface area contributed by atoms with Gasteiger partial charge in [0.1, 0.15) is 0 Å². The van der Waals surface area contributed by atoms with Gasteiger partial charge in [-0.15, -0.1) is 24.0 Å². The summed E-state index contributed by atoms with van der Waals surface area (Å²) in [6, 6.07) is 7.10. The van der Waals surface area contributed by atoms with Gasteiger partial charge in [-0.1, -0.05) is 25.4 Å². The van der Waals surface area contributed by atoms with Crippen molar-refractivity contribution in [2.45, 2.75) is 32.8 Å². The van der Waals surface area contributed by atoms with Crippen LogP contribution in [0, 0.1) is 5.92 Å². The summed E-state index contributed by atoms with van der Waals surface area (Å²) in [6.45, 7) is 9.67. The lowest BCUT2D eigenvalue weighted by atomic mass is 10.2. The standard InChI is InChI=1S/C21H34ClN5O2.HI/c1-16(2)14-27-11-12-29-19(15-27)13-25-21(23-3)24-10-4-5-20(28)26-18-8-6-17(22)7-9-18;/h6-9,16,19H,4-5,10-15H2,1-3H3,(H,26,28)(H2,23,24,25);1H. The molecular weight excluding hydrogens is 517 g/mol. The number of guanidine groups is 1. The van der Waals surface area contributed by atoms with Gasteiger partial charge < -0.3 is 20.7 Å². The lowest BCUT2D eigenvalue weighted by Crippen LogP contribution is -2.50. The summed E-state index contributed by atoms with van der Waals surface area (Å²) >= 11 is 5.85. The van der Waals surface area contributed by atoms with Crippen LogP contribution >= 0.6 is 35.6 Å². The normalized spacial score (nSPS) is 17.4. The van der Waals surface area contributed by atoms with Crippen LogP contribution in [0.1, 0.15) is 26.7 Å². The number of anilines is 1. The zero-order valence-corrected chi connectivity index (χ0v) is 21.2. The Hall–Kier alpha value is -1.10. The third kappa shape index (κ3) is 10.8. The fraction of sp³-hybridized carbons (Fsp3) is 0.619. The first-order valence-electron chi connectivity index (χ1n) is 10.3. The molecule has 170 valence electrons. The summed E-state index contributed by atoms with van der Waals surface area (Å²) in [5.74, 6) is 1.37. The van der Waals surface area contributed by atoms with Gasteiger partial charge in [0.15, 0.2) is 5.96 Å². The number of hydrogen-bond acceptors (Lipinski definition) is 4. The number of aliphatic imine (C=N–C) groups is 1. The van der Waals surface area contributed by atoms with Crippen molar-refractivity contribution in [2.75, 3.05) is 51.7 Å². The summed E-state index contributed by atoms with van der Waals surface area (Å²) in [5.41, 5.74) is 0.754. The Balaban J connectivity index is 0.00000450. The van der Waals surface area contributed by atoms with Gasteiger partial charge >= 0.3 is 0 Å². The summed E-state index contributed by atoms with van der Waals surface area (Å²) in [5, 5.41) is 10.1. The van der Waals surface area contributed by atoms with Gasteiger partial charge in [-0.25, -0.2) is 0 Å². The molecule has 2 rings (SSSR count). The first kappa shape index (κ1) is 26.9. The molecule has 30 heavy (non-hydrogen) atoms. The van der Waals surface area contributed by atoms with E-state index in [2.05, 4.69) is 39.7 Å². The van der Waals surface area contributed by atoms with Crippen LogP contribution in [0.25, 0.3) is 0 Å². The Bertz CT molecular complexity index is 657. The quantitative estimate of drug-likeness (QED) is 0.190. The molecule has 1 aromatic carbocycles. The third-order valence-electron chi connectivity index (χ3n) is 4.57. The number of nitrogens with zero attached hydrogens (tertiary/aromatic N) is 2. The van der Waals surface area contributed by atoms with Crippen molar-refractivity contribution in [3.63, 3.8) is 0 Å². The molecule has 1 unspecified atom stereocenters. The second kappa shape index (κ2) is 14.8. The molecule has 0 radical (unpaired) electrons. The molecule has 0 aromatic heterocycles. The topological polar surface area (TPSA) is 78.0 Å². The average Bonchev–Trinajstić information content (AvgIpc) is 2.69. The van der Waals surface area contributed by atoms with E-state index in [4.69, 9.17) is 16.3 Å². The monoisotopic (exact) mass is 551 g/mol. The number of morpholine rings is 1. The van der Waals surface area contributed by atoms with Crippen LogP contribution in [0.4, 0.5) is 5.69 Å². The van der Waals surface area contributed by atoms with Gasteiger partial charge in [0.25, 0.3) is 0 Å². The molecule has 1 amide bonds. The van der Waals surface area contributed by atoms with Crippen LogP contribution in [0.15, 0.2) is 29.3 Å². The van der Waals surface area contributed by atoms with Crippen molar-refractivity contribution in [1.82, 2.24) is 15.5 Å². The van der Waals surface area contributed by atoms with Crippen molar-refractivity contribution in [3.8, 4) is 0 Å². The SMILES string of the molecule is CN=C(NCCCC(=O)Nc1ccc(Cl)cc1)NCC1CN(CC(C)C)CCO1.I. The zero-order chi connectivity index (χ0) is 21.1. The third-order valence-corrected chi connectivity index (χ3v) is 4.82. The molecule has 0 saturated carbocycles. The minimum absolute atomic E-state index is 0. The number of amides is 1. The van der Waals surface area contributed by atoms with E-state index in [1.54, 1.807) is 31.3 Å². The number of nitrogens with one attached hydrogen (secondary N) is 3. The molecule has 0 bridgehead atoms. The zero-order valence-electron chi connectivity index (χ0n) is 18.1. The highest BCUT2D eigenvalue weighted by Crippen LogP contribution is 2.13. The van der Waals surface area contributed by atoms with Crippen molar-refractivity contribution < 1.29 is 9.53 Å². The molecule has 1 saturated heterocycles. The molecule has 3 N–H and O–H groups in total. The summed E-state index contributed by atoms with van der Waals surface area (Å²) in [4.78, 5) is 18.7. The van der Waals surface area contributed by atoms with Crippen LogP contribution in [-0.4, -0.2) is 69.2 Å². The van der Waals surface area contributed by atoms with Crippen molar-refractivity contribution in [2.24, 2.45) is 10.9 Å². The highest BCUT2D eigenvalue weighted by atomic mass is 127. The minimum atomic E-state index is -0.0158. The van der Waals surface area contributed by atoms with E-state index in [0.29, 0.717) is 36.9 Å². The molecule has 1 aliphatic heterocycles. The number of carbonyl (C=O) groups excluding carboxylic acids is 1. The number of halogens is 2. The molecule has 1 heterocycles. The molecule has 0 spiro atoms. The Labute approximate surface area is 202 Å². The first-order chi connectivity index (χ1) is 14.0. The maximum Gasteiger partial charge on any atom is 0.224 e. The lowest BCUT2D eigenvalue weighted by molar-refractivity contribution is -0.116. The Morgan fingerprint density at radius 1 is 1.30 bits per heavy atom. The van der Waals surface area contributed by atoms with Crippen molar-refractivity contribution in [1.29, 1.82) is 0 Å². The predicted molar refractivity (Wildman–Crippen MR) is 135 cm³/mol. The van der Waals surface area contributed by atoms with Gasteiger partial charge in [-0.3, -0.25) is 14.7 Å². The second-order valence-corrected chi connectivity index (χ2v) is 8.12. The fourth-order valence-corrected chi connectivity index (χ4v) is 3.36. The number of ether oxygens (including phenoxy) is 1. The van der Waals surface area contributed by atoms with Gasteiger partial charge in [-0.05, 0) is 36.6 Å². The first-order valence-corrected chi connectivity index (χ1v) is 10.7. The number of rotatable bonds is 9. The molecule has 1 aliphatic rings. The number of benzene rings is 1. The Morgan fingerprint density at radius 3 is 2.70 bits per heavy atom. The van der Waals surface area contributed by atoms with E-state index < -0.39 is 0 Å². The molecule has 9 heteroatoms. The van der Waals surface area contributed by atoms with Gasteiger partial charge in [-0.2, -0.15) is 0 Å². The average molecular weight is 552 g/mol. The van der Waals surface area contributed by atoms with Gasteiger partial charge in [0.05, 0.1) is 12.7 Å². The van der Waals surface area contributed by atoms with Crippen LogP contribution < -0.4 is 16.0 Å². The highest BCUT2D eigenvalue weighted by Gasteiger charge is 2.21. The molecular formula is C21H35ClIN5O2. The van der Waals surface area contributed by atoms with Gasteiger partial charge in [0, 0.05) is 56.9 Å².